The monoisotopic (exact) mass is 315 g/mol. The van der Waals surface area contributed by atoms with Gasteiger partial charge in [-0.1, -0.05) is 6.07 Å². The van der Waals surface area contributed by atoms with Crippen LogP contribution >= 0.6 is 0 Å². The fourth-order valence-corrected chi connectivity index (χ4v) is 2.23. The molecule has 0 radical (unpaired) electrons. The highest BCUT2D eigenvalue weighted by Crippen LogP contribution is 2.31. The van der Waals surface area contributed by atoms with E-state index in [1.165, 1.54) is 12.1 Å². The number of aldehydes is 1. The van der Waals surface area contributed by atoms with E-state index in [4.69, 9.17) is 4.74 Å². The van der Waals surface area contributed by atoms with Gasteiger partial charge in [-0.25, -0.2) is 8.78 Å². The first-order chi connectivity index (χ1) is 11.1. The van der Waals surface area contributed by atoms with Crippen LogP contribution in [-0.2, 0) is 9.59 Å². The Morgan fingerprint density at radius 3 is 2.74 bits per heavy atom. The molecular formula is C17H11F2NO3. The smallest absolute Gasteiger partial charge is 0.262 e. The van der Waals surface area contributed by atoms with Crippen molar-refractivity contribution >= 4 is 29.5 Å². The molecule has 0 saturated carbocycles. The maximum Gasteiger partial charge on any atom is 0.262 e. The van der Waals surface area contributed by atoms with Crippen LogP contribution in [-0.4, -0.2) is 18.8 Å². The van der Waals surface area contributed by atoms with Crippen molar-refractivity contribution in [2.24, 2.45) is 0 Å². The molecule has 4 nitrogen and oxygen atoms in total. The molecule has 1 heterocycles. The number of anilines is 1. The summed E-state index contributed by atoms with van der Waals surface area (Å²) in [7, 11) is 0. The van der Waals surface area contributed by atoms with E-state index in [0.717, 1.165) is 12.1 Å². The molecule has 0 aliphatic carbocycles. The molecule has 6 heteroatoms. The topological polar surface area (TPSA) is 55.4 Å². The predicted octanol–water partition coefficient (Wildman–Crippen LogP) is 3.04. The zero-order valence-electron chi connectivity index (χ0n) is 11.8. The number of carbonyl (C=O) groups is 2. The lowest BCUT2D eigenvalue weighted by Gasteiger charge is -2.18. The van der Waals surface area contributed by atoms with Crippen LogP contribution < -0.4 is 10.1 Å². The third kappa shape index (κ3) is 3.11. The van der Waals surface area contributed by atoms with Crippen molar-refractivity contribution in [3.05, 3.63) is 59.2 Å². The van der Waals surface area contributed by atoms with Crippen molar-refractivity contribution in [1.82, 2.24) is 0 Å². The van der Waals surface area contributed by atoms with E-state index in [2.05, 4.69) is 5.32 Å². The molecule has 116 valence electrons. The summed E-state index contributed by atoms with van der Waals surface area (Å²) in [6.45, 7) is -0.0660. The standard InChI is InChI=1S/C17H11F2NO3/c18-13-3-1-11(14(19)7-13)5-12(8-21)10-2-4-16-15(6-10)20-17(22)9-23-16/h1-8H,9H2,(H,20,22). The average Bonchev–Trinajstić information content (AvgIpc) is 2.53. The quantitative estimate of drug-likeness (QED) is 0.538. The average molecular weight is 315 g/mol. The molecule has 1 N–H and O–H groups in total. The van der Waals surface area contributed by atoms with Crippen LogP contribution in [0.5, 0.6) is 5.75 Å². The highest BCUT2D eigenvalue weighted by molar-refractivity contribution is 6.14. The van der Waals surface area contributed by atoms with Gasteiger partial charge in [0, 0.05) is 17.2 Å². The van der Waals surface area contributed by atoms with E-state index < -0.39 is 11.6 Å². The predicted molar refractivity (Wildman–Crippen MR) is 80.9 cm³/mol. The van der Waals surface area contributed by atoms with Gasteiger partial charge >= 0.3 is 0 Å². The highest BCUT2D eigenvalue weighted by atomic mass is 19.1. The summed E-state index contributed by atoms with van der Waals surface area (Å²) in [5.41, 5.74) is 1.20. The summed E-state index contributed by atoms with van der Waals surface area (Å²) in [5.74, 6) is -1.26. The minimum absolute atomic E-state index is 0.0660. The van der Waals surface area contributed by atoms with E-state index in [1.54, 1.807) is 18.2 Å². The third-order valence-corrected chi connectivity index (χ3v) is 3.35. The van der Waals surface area contributed by atoms with Gasteiger partial charge in [0.15, 0.2) is 12.9 Å². The zero-order chi connectivity index (χ0) is 16.4. The fraction of sp³-hybridized carbons (Fsp3) is 0.0588. The molecule has 0 unspecified atom stereocenters. The second-order valence-electron chi connectivity index (χ2n) is 4.93. The fourth-order valence-electron chi connectivity index (χ4n) is 2.23. The summed E-state index contributed by atoms with van der Waals surface area (Å²) in [5, 5.41) is 2.63. The minimum Gasteiger partial charge on any atom is -0.482 e. The molecule has 0 saturated heterocycles. The highest BCUT2D eigenvalue weighted by Gasteiger charge is 2.17. The first-order valence-corrected chi connectivity index (χ1v) is 6.76. The first kappa shape index (κ1) is 14.9. The maximum atomic E-state index is 13.7. The molecule has 1 aliphatic rings. The van der Waals surface area contributed by atoms with Gasteiger partial charge in [-0.15, -0.1) is 0 Å². The second kappa shape index (κ2) is 6.00. The minimum atomic E-state index is -0.765. The number of hydrogen-bond acceptors (Lipinski definition) is 3. The van der Waals surface area contributed by atoms with Crippen molar-refractivity contribution in [1.29, 1.82) is 0 Å². The van der Waals surface area contributed by atoms with Gasteiger partial charge in [0.25, 0.3) is 5.91 Å². The van der Waals surface area contributed by atoms with E-state index in [1.807, 2.05) is 0 Å². The molecule has 0 bridgehead atoms. The van der Waals surface area contributed by atoms with E-state index in [-0.39, 0.29) is 23.7 Å². The normalized spacial score (nSPS) is 13.8. The molecule has 1 amide bonds. The van der Waals surface area contributed by atoms with Crippen molar-refractivity contribution in [3.8, 4) is 5.75 Å². The molecule has 2 aromatic carbocycles. The van der Waals surface area contributed by atoms with Gasteiger partial charge in [0.05, 0.1) is 5.69 Å². The Balaban J connectivity index is 2.01. The summed E-state index contributed by atoms with van der Waals surface area (Å²) < 4.78 is 31.9. The molecule has 1 aliphatic heterocycles. The molecule has 0 spiro atoms. The zero-order valence-corrected chi connectivity index (χ0v) is 11.8. The van der Waals surface area contributed by atoms with Gasteiger partial charge in [-0.2, -0.15) is 0 Å². The first-order valence-electron chi connectivity index (χ1n) is 6.76. The Kier molecular flexibility index (Phi) is 3.89. The van der Waals surface area contributed by atoms with Crippen molar-refractivity contribution in [2.45, 2.75) is 0 Å². The van der Waals surface area contributed by atoms with Crippen LogP contribution in [0, 0.1) is 11.6 Å². The molecule has 3 rings (SSSR count). The Labute approximate surface area is 130 Å². The SMILES string of the molecule is O=CC(=Cc1ccc(F)cc1F)c1ccc2c(c1)NC(=O)CO2. The number of allylic oxidation sites excluding steroid dienone is 1. The summed E-state index contributed by atoms with van der Waals surface area (Å²) in [4.78, 5) is 22.7. The number of halogens is 2. The molecule has 0 atom stereocenters. The number of ether oxygens (including phenoxy) is 1. The van der Waals surface area contributed by atoms with E-state index in [0.29, 0.717) is 23.3 Å². The van der Waals surface area contributed by atoms with Crippen molar-refractivity contribution < 1.29 is 23.1 Å². The lowest BCUT2D eigenvalue weighted by atomic mass is 10.0. The van der Waals surface area contributed by atoms with Crippen LogP contribution in [0.2, 0.25) is 0 Å². The Bertz CT molecular complexity index is 831. The third-order valence-electron chi connectivity index (χ3n) is 3.35. The largest absolute Gasteiger partial charge is 0.482 e. The van der Waals surface area contributed by atoms with Gasteiger partial charge < -0.3 is 10.1 Å². The van der Waals surface area contributed by atoms with Gasteiger partial charge in [0.1, 0.15) is 17.4 Å². The Morgan fingerprint density at radius 2 is 2.00 bits per heavy atom. The van der Waals surface area contributed by atoms with E-state index >= 15 is 0 Å². The lowest BCUT2D eigenvalue weighted by molar-refractivity contribution is -0.118. The van der Waals surface area contributed by atoms with Crippen LogP contribution in [0.25, 0.3) is 11.6 Å². The molecule has 0 fully saturated rings. The number of fused-ring (bicyclic) bond motifs is 1. The maximum absolute atomic E-state index is 13.7. The van der Waals surface area contributed by atoms with Gasteiger partial charge in [0.2, 0.25) is 0 Å². The second-order valence-corrected chi connectivity index (χ2v) is 4.93. The summed E-state index contributed by atoms with van der Waals surface area (Å²) in [6, 6.07) is 7.90. The molecule has 23 heavy (non-hydrogen) atoms. The van der Waals surface area contributed by atoms with Crippen LogP contribution in [0.4, 0.5) is 14.5 Å². The number of nitrogens with one attached hydrogen (secondary N) is 1. The number of benzene rings is 2. The summed E-state index contributed by atoms with van der Waals surface area (Å²) in [6.07, 6.45) is 1.88. The van der Waals surface area contributed by atoms with Gasteiger partial charge in [-0.3, -0.25) is 9.59 Å². The lowest BCUT2D eigenvalue weighted by Crippen LogP contribution is -2.25. The van der Waals surface area contributed by atoms with E-state index in [9.17, 15) is 18.4 Å². The number of rotatable bonds is 3. The Morgan fingerprint density at radius 1 is 1.17 bits per heavy atom. The van der Waals surface area contributed by atoms with Crippen LogP contribution in [0.3, 0.4) is 0 Å². The van der Waals surface area contributed by atoms with Crippen molar-refractivity contribution in [3.63, 3.8) is 0 Å². The number of amides is 1. The Hall–Kier alpha value is -3.02. The van der Waals surface area contributed by atoms with Crippen LogP contribution in [0.1, 0.15) is 11.1 Å². The van der Waals surface area contributed by atoms with Crippen molar-refractivity contribution in [2.75, 3.05) is 11.9 Å². The summed E-state index contributed by atoms with van der Waals surface area (Å²) >= 11 is 0. The molecule has 2 aromatic rings. The number of carbonyl (C=O) groups excluding carboxylic acids is 2. The number of hydrogen-bond donors (Lipinski definition) is 1. The van der Waals surface area contributed by atoms with Gasteiger partial charge in [-0.05, 0) is 35.9 Å². The van der Waals surface area contributed by atoms with Crippen LogP contribution in [0.15, 0.2) is 36.4 Å². The molecular weight excluding hydrogens is 304 g/mol. The molecule has 0 aromatic heterocycles.